The summed E-state index contributed by atoms with van der Waals surface area (Å²) in [6, 6.07) is 5.68. The van der Waals surface area contributed by atoms with Gasteiger partial charge in [-0.25, -0.2) is 0 Å². The van der Waals surface area contributed by atoms with Crippen LogP contribution in [0.15, 0.2) is 18.2 Å². The normalized spacial score (nSPS) is 13.1. The summed E-state index contributed by atoms with van der Waals surface area (Å²) < 4.78 is 21.8. The monoisotopic (exact) mass is 305 g/mol. The van der Waals surface area contributed by atoms with Crippen molar-refractivity contribution in [1.82, 2.24) is 4.98 Å². The summed E-state index contributed by atoms with van der Waals surface area (Å²) in [5.74, 6) is 2.52. The molecule has 0 spiro atoms. The summed E-state index contributed by atoms with van der Waals surface area (Å²) in [4.78, 5) is 3.32. The zero-order valence-corrected chi connectivity index (χ0v) is 12.2. The van der Waals surface area contributed by atoms with Crippen LogP contribution in [0.5, 0.6) is 23.0 Å². The number of methoxy groups -OCH3 is 2. The molecule has 1 aliphatic rings. The molecule has 0 fully saturated rings. The number of H-pyrrole nitrogens is 1. The van der Waals surface area contributed by atoms with Crippen LogP contribution in [-0.2, 0) is 0 Å². The minimum atomic E-state index is 0.179. The Balaban J connectivity index is 2.18. The second kappa shape index (κ2) is 4.36. The molecule has 1 aliphatic heterocycles. The molecule has 1 aromatic heterocycles. The van der Waals surface area contributed by atoms with Crippen molar-refractivity contribution in [3.05, 3.63) is 23.2 Å². The fourth-order valence-electron chi connectivity index (χ4n) is 2.76. The third-order valence-electron chi connectivity index (χ3n) is 3.68. The van der Waals surface area contributed by atoms with Crippen molar-refractivity contribution < 1.29 is 18.9 Å². The Kier molecular flexibility index (Phi) is 2.59. The molecule has 0 aliphatic carbocycles. The van der Waals surface area contributed by atoms with Crippen LogP contribution in [0.3, 0.4) is 0 Å². The molecule has 108 valence electrons. The minimum Gasteiger partial charge on any atom is -0.493 e. The van der Waals surface area contributed by atoms with Gasteiger partial charge in [-0.2, -0.15) is 0 Å². The van der Waals surface area contributed by atoms with Gasteiger partial charge in [0.15, 0.2) is 17.2 Å². The molecular weight excluding hydrogens is 294 g/mol. The van der Waals surface area contributed by atoms with Crippen molar-refractivity contribution in [3.63, 3.8) is 0 Å². The van der Waals surface area contributed by atoms with Crippen molar-refractivity contribution in [1.29, 1.82) is 0 Å². The Hall–Kier alpha value is -2.27. The van der Waals surface area contributed by atoms with Gasteiger partial charge in [0.25, 0.3) is 0 Å². The number of benzene rings is 2. The fourth-order valence-corrected chi connectivity index (χ4v) is 2.99. The third kappa shape index (κ3) is 1.58. The van der Waals surface area contributed by atoms with E-state index in [1.807, 2.05) is 18.2 Å². The summed E-state index contributed by atoms with van der Waals surface area (Å²) in [6.07, 6.45) is 0. The number of hydrogen-bond donors (Lipinski definition) is 1. The van der Waals surface area contributed by atoms with E-state index in [1.165, 1.54) is 0 Å². The van der Waals surface area contributed by atoms with Gasteiger partial charge >= 0.3 is 0 Å². The molecule has 1 N–H and O–H groups in total. The van der Waals surface area contributed by atoms with E-state index >= 15 is 0 Å². The van der Waals surface area contributed by atoms with Crippen molar-refractivity contribution in [2.24, 2.45) is 0 Å². The highest BCUT2D eigenvalue weighted by Gasteiger charge is 2.25. The maximum absolute atomic E-state index is 6.18. The Labute approximate surface area is 125 Å². The van der Waals surface area contributed by atoms with Crippen LogP contribution >= 0.6 is 11.6 Å². The number of aromatic amines is 1. The van der Waals surface area contributed by atoms with Gasteiger partial charge in [-0.3, -0.25) is 0 Å². The first-order chi connectivity index (χ1) is 10.2. The van der Waals surface area contributed by atoms with Crippen LogP contribution in [0.2, 0.25) is 5.02 Å². The second-order valence-electron chi connectivity index (χ2n) is 4.69. The Morgan fingerprint density at radius 3 is 2.62 bits per heavy atom. The van der Waals surface area contributed by atoms with Crippen molar-refractivity contribution >= 4 is 33.4 Å². The summed E-state index contributed by atoms with van der Waals surface area (Å²) in [6.45, 7) is 0.179. The molecule has 4 rings (SSSR count). The number of nitrogens with one attached hydrogen (secondary N) is 1. The number of hydrogen-bond acceptors (Lipinski definition) is 4. The predicted octanol–water partition coefficient (Wildman–Crippen LogP) is 3.72. The number of aromatic nitrogens is 1. The summed E-state index contributed by atoms with van der Waals surface area (Å²) in [7, 11) is 3.20. The maximum atomic E-state index is 6.18. The highest BCUT2D eigenvalue weighted by atomic mass is 35.5. The van der Waals surface area contributed by atoms with E-state index in [1.54, 1.807) is 14.2 Å². The highest BCUT2D eigenvalue weighted by molar-refractivity contribution is 6.33. The van der Waals surface area contributed by atoms with Gasteiger partial charge in [-0.1, -0.05) is 17.7 Å². The van der Waals surface area contributed by atoms with Gasteiger partial charge in [0.1, 0.15) is 0 Å². The second-order valence-corrected chi connectivity index (χ2v) is 5.10. The van der Waals surface area contributed by atoms with Crippen LogP contribution < -0.4 is 18.9 Å². The largest absolute Gasteiger partial charge is 0.493 e. The number of halogens is 1. The van der Waals surface area contributed by atoms with Crippen molar-refractivity contribution in [2.75, 3.05) is 21.0 Å². The fraction of sp³-hybridized carbons (Fsp3) is 0.200. The molecule has 6 heteroatoms. The first kappa shape index (κ1) is 12.5. The lowest BCUT2D eigenvalue weighted by molar-refractivity contribution is 0.172. The van der Waals surface area contributed by atoms with E-state index in [2.05, 4.69) is 4.98 Å². The molecule has 0 saturated carbocycles. The molecule has 0 bridgehead atoms. The van der Waals surface area contributed by atoms with Crippen LogP contribution in [0, 0.1) is 0 Å². The highest BCUT2D eigenvalue weighted by Crippen LogP contribution is 2.49. The van der Waals surface area contributed by atoms with Gasteiger partial charge in [0, 0.05) is 10.8 Å². The average Bonchev–Trinajstić information content (AvgIpc) is 3.10. The topological polar surface area (TPSA) is 52.7 Å². The summed E-state index contributed by atoms with van der Waals surface area (Å²) in [5.41, 5.74) is 1.67. The minimum absolute atomic E-state index is 0.179. The Bertz CT molecular complexity index is 871. The summed E-state index contributed by atoms with van der Waals surface area (Å²) >= 11 is 6.18. The van der Waals surface area contributed by atoms with E-state index in [9.17, 15) is 0 Å². The molecule has 21 heavy (non-hydrogen) atoms. The van der Waals surface area contributed by atoms with Crippen LogP contribution in [0.25, 0.3) is 21.8 Å². The lowest BCUT2D eigenvalue weighted by atomic mass is 10.1. The molecule has 3 aromatic rings. The number of fused-ring (bicyclic) bond motifs is 5. The summed E-state index contributed by atoms with van der Waals surface area (Å²) in [5, 5.41) is 2.52. The molecule has 2 heterocycles. The first-order valence-electron chi connectivity index (χ1n) is 6.39. The SMILES string of the molecule is COc1cc2c([nH]c3c(OC)c(Cl)ccc32)c2c1OCO2. The molecule has 5 nitrogen and oxygen atoms in total. The van der Waals surface area contributed by atoms with E-state index in [0.29, 0.717) is 28.0 Å². The average molecular weight is 306 g/mol. The smallest absolute Gasteiger partial charge is 0.231 e. The van der Waals surface area contributed by atoms with E-state index < -0.39 is 0 Å². The van der Waals surface area contributed by atoms with Gasteiger partial charge in [-0.05, 0) is 12.1 Å². The zero-order chi connectivity index (χ0) is 14.6. The maximum Gasteiger partial charge on any atom is 0.231 e. The third-order valence-corrected chi connectivity index (χ3v) is 3.98. The Morgan fingerprint density at radius 1 is 1.05 bits per heavy atom. The molecule has 0 saturated heterocycles. The van der Waals surface area contributed by atoms with E-state index in [0.717, 1.165) is 21.8 Å². The van der Waals surface area contributed by atoms with E-state index in [4.69, 9.17) is 30.5 Å². The van der Waals surface area contributed by atoms with Crippen molar-refractivity contribution in [3.8, 4) is 23.0 Å². The van der Waals surface area contributed by atoms with Crippen LogP contribution in [0.1, 0.15) is 0 Å². The molecule has 0 amide bonds. The van der Waals surface area contributed by atoms with Crippen LogP contribution in [-0.4, -0.2) is 26.0 Å². The van der Waals surface area contributed by atoms with Gasteiger partial charge in [-0.15, -0.1) is 0 Å². The first-order valence-corrected chi connectivity index (χ1v) is 6.77. The predicted molar refractivity (Wildman–Crippen MR) is 80.0 cm³/mol. The molecular formula is C15H12ClNO4. The zero-order valence-electron chi connectivity index (χ0n) is 11.5. The van der Waals surface area contributed by atoms with Crippen LogP contribution in [0.4, 0.5) is 0 Å². The van der Waals surface area contributed by atoms with E-state index in [-0.39, 0.29) is 6.79 Å². The number of rotatable bonds is 2. The van der Waals surface area contributed by atoms with Gasteiger partial charge < -0.3 is 23.9 Å². The van der Waals surface area contributed by atoms with Gasteiger partial charge in [0.05, 0.1) is 30.3 Å². The Morgan fingerprint density at radius 2 is 1.86 bits per heavy atom. The molecule has 0 radical (unpaired) electrons. The molecule has 0 atom stereocenters. The molecule has 0 unspecified atom stereocenters. The lowest BCUT2D eigenvalue weighted by Crippen LogP contribution is -1.94. The lowest BCUT2D eigenvalue weighted by Gasteiger charge is -2.05. The standard InChI is InChI=1S/C15H12ClNO4/c1-18-10-5-8-7-3-4-9(16)13(19-2)11(7)17-12(8)15-14(10)20-6-21-15/h3-5,17H,6H2,1-2H3. The van der Waals surface area contributed by atoms with Gasteiger partial charge in [0.2, 0.25) is 12.5 Å². The number of ether oxygens (including phenoxy) is 4. The quantitative estimate of drug-likeness (QED) is 0.784. The molecule has 2 aromatic carbocycles. The van der Waals surface area contributed by atoms with Crippen molar-refractivity contribution in [2.45, 2.75) is 0 Å².